The number of para-hydroxylation sites is 1. The Hall–Kier alpha value is -1.77. The van der Waals surface area contributed by atoms with Gasteiger partial charge in [-0.15, -0.1) is 0 Å². The van der Waals surface area contributed by atoms with Crippen LogP contribution in [0.1, 0.15) is 18.7 Å². The molecule has 1 aromatic carbocycles. The molecule has 0 saturated heterocycles. The van der Waals surface area contributed by atoms with Crippen molar-refractivity contribution in [2.45, 2.75) is 25.8 Å². The van der Waals surface area contributed by atoms with Gasteiger partial charge in [0.05, 0.1) is 5.69 Å². The second-order valence-corrected chi connectivity index (χ2v) is 4.21. The molecule has 0 bridgehead atoms. The third-order valence-electron chi connectivity index (χ3n) is 3.09. The lowest BCUT2D eigenvalue weighted by Crippen LogP contribution is -2.08. The van der Waals surface area contributed by atoms with Crippen LogP contribution < -0.4 is 0 Å². The van der Waals surface area contributed by atoms with E-state index in [1.54, 1.807) is 6.07 Å². The molecule has 2 heterocycles. The average molecular weight is 214 g/mol. The lowest BCUT2D eigenvalue weighted by molar-refractivity contribution is 0.477. The van der Waals surface area contributed by atoms with Crippen LogP contribution in [-0.2, 0) is 13.0 Å². The van der Waals surface area contributed by atoms with Crippen molar-refractivity contribution in [3.63, 3.8) is 0 Å². The fraction of sp³-hybridized carbons (Fsp3) is 0.308. The number of aromatic hydroxyl groups is 1. The first-order chi connectivity index (χ1) is 7.84. The fourth-order valence-corrected chi connectivity index (χ4v) is 2.23. The Morgan fingerprint density at radius 3 is 2.88 bits per heavy atom. The minimum Gasteiger partial charge on any atom is -0.507 e. The predicted octanol–water partition coefficient (Wildman–Crippen LogP) is 2.59. The second-order valence-electron chi connectivity index (χ2n) is 4.21. The summed E-state index contributed by atoms with van der Waals surface area (Å²) in [7, 11) is 0. The molecule has 0 fully saturated rings. The summed E-state index contributed by atoms with van der Waals surface area (Å²) in [6, 6.07) is 7.36. The van der Waals surface area contributed by atoms with E-state index < -0.39 is 0 Å². The first-order valence-electron chi connectivity index (χ1n) is 5.69. The third-order valence-corrected chi connectivity index (χ3v) is 3.09. The molecule has 16 heavy (non-hydrogen) atoms. The summed E-state index contributed by atoms with van der Waals surface area (Å²) in [5, 5.41) is 9.78. The zero-order chi connectivity index (χ0) is 11.0. The van der Waals surface area contributed by atoms with Gasteiger partial charge in [0.1, 0.15) is 11.6 Å². The highest BCUT2D eigenvalue weighted by atomic mass is 16.3. The minimum absolute atomic E-state index is 0.304. The summed E-state index contributed by atoms with van der Waals surface area (Å²) in [4.78, 5) is 4.58. The maximum atomic E-state index is 9.78. The van der Waals surface area contributed by atoms with Crippen LogP contribution in [0.3, 0.4) is 0 Å². The number of aromatic nitrogens is 2. The number of phenolic OH excluding ortho intramolecular Hbond substituents is 1. The number of phenols is 1. The number of fused-ring (bicyclic) bond motifs is 1. The summed E-state index contributed by atoms with van der Waals surface area (Å²) in [5.41, 5.74) is 1.71. The van der Waals surface area contributed by atoms with Gasteiger partial charge in [0.15, 0.2) is 0 Å². The van der Waals surface area contributed by atoms with Gasteiger partial charge in [-0.3, -0.25) is 0 Å². The Balaban J connectivity index is 2.07. The van der Waals surface area contributed by atoms with Gasteiger partial charge in [-0.1, -0.05) is 12.1 Å². The van der Waals surface area contributed by atoms with Crippen molar-refractivity contribution in [2.75, 3.05) is 0 Å². The molecule has 1 N–H and O–H groups in total. The molecular formula is C13H14N2O. The van der Waals surface area contributed by atoms with E-state index in [9.17, 15) is 5.11 Å². The molecule has 0 radical (unpaired) electrons. The summed E-state index contributed by atoms with van der Waals surface area (Å²) < 4.78 is 2.20. The molecule has 0 saturated carbocycles. The van der Waals surface area contributed by atoms with E-state index in [-0.39, 0.29) is 0 Å². The van der Waals surface area contributed by atoms with Crippen LogP contribution in [0.4, 0.5) is 0 Å². The Labute approximate surface area is 94.4 Å². The topological polar surface area (TPSA) is 38.0 Å². The molecule has 1 aliphatic heterocycles. The van der Waals surface area contributed by atoms with Gasteiger partial charge in [-0.25, -0.2) is 4.98 Å². The average Bonchev–Trinajstić information content (AvgIpc) is 2.73. The molecule has 0 amide bonds. The Morgan fingerprint density at radius 2 is 2.06 bits per heavy atom. The number of rotatable bonds is 1. The van der Waals surface area contributed by atoms with Crippen molar-refractivity contribution in [1.82, 2.24) is 9.55 Å². The van der Waals surface area contributed by atoms with Gasteiger partial charge in [0.25, 0.3) is 0 Å². The van der Waals surface area contributed by atoms with Crippen LogP contribution in [-0.4, -0.2) is 14.7 Å². The third kappa shape index (κ3) is 1.48. The Morgan fingerprint density at radius 1 is 1.19 bits per heavy atom. The fourth-order valence-electron chi connectivity index (χ4n) is 2.23. The summed E-state index contributed by atoms with van der Waals surface area (Å²) in [6.07, 6.45) is 5.54. The van der Waals surface area contributed by atoms with Crippen molar-refractivity contribution in [3.05, 3.63) is 36.3 Å². The van der Waals surface area contributed by atoms with Crippen LogP contribution in [0, 0.1) is 0 Å². The minimum atomic E-state index is 0.304. The molecule has 0 spiro atoms. The van der Waals surface area contributed by atoms with Crippen LogP contribution in [0.25, 0.3) is 11.3 Å². The maximum absolute atomic E-state index is 9.78. The maximum Gasteiger partial charge on any atom is 0.125 e. The van der Waals surface area contributed by atoms with Crippen molar-refractivity contribution < 1.29 is 5.11 Å². The number of hydrogen-bond acceptors (Lipinski definition) is 2. The molecule has 3 nitrogen and oxygen atoms in total. The number of nitrogens with zero attached hydrogens (tertiary/aromatic N) is 2. The van der Waals surface area contributed by atoms with Crippen LogP contribution in [0.15, 0.2) is 30.5 Å². The molecule has 0 aliphatic carbocycles. The zero-order valence-corrected chi connectivity index (χ0v) is 9.06. The van der Waals surface area contributed by atoms with Gasteiger partial charge < -0.3 is 9.67 Å². The zero-order valence-electron chi connectivity index (χ0n) is 9.06. The normalized spacial score (nSPS) is 14.8. The highest BCUT2D eigenvalue weighted by Gasteiger charge is 2.14. The smallest absolute Gasteiger partial charge is 0.125 e. The Bertz CT molecular complexity index is 493. The quantitative estimate of drug-likeness (QED) is 0.792. The van der Waals surface area contributed by atoms with E-state index in [1.165, 1.54) is 12.8 Å². The number of imidazole rings is 1. The SMILES string of the molecule is Oc1ccccc1-c1cn2c(n1)CCCC2. The van der Waals surface area contributed by atoms with Crippen molar-refractivity contribution in [2.24, 2.45) is 0 Å². The Kier molecular flexibility index (Phi) is 2.17. The van der Waals surface area contributed by atoms with Gasteiger partial charge in [-0.05, 0) is 25.0 Å². The molecule has 0 atom stereocenters. The van der Waals surface area contributed by atoms with Crippen molar-refractivity contribution in [3.8, 4) is 17.0 Å². The molecule has 2 aromatic rings. The number of hydrogen-bond donors (Lipinski definition) is 1. The van der Waals surface area contributed by atoms with Gasteiger partial charge in [-0.2, -0.15) is 0 Å². The second kappa shape index (κ2) is 3.67. The number of aryl methyl sites for hydroxylation is 2. The van der Waals surface area contributed by atoms with Crippen LogP contribution in [0.2, 0.25) is 0 Å². The summed E-state index contributed by atoms with van der Waals surface area (Å²) in [6.45, 7) is 1.05. The van der Waals surface area contributed by atoms with E-state index in [4.69, 9.17) is 0 Å². The van der Waals surface area contributed by atoms with Crippen molar-refractivity contribution >= 4 is 0 Å². The van der Waals surface area contributed by atoms with Crippen molar-refractivity contribution in [1.29, 1.82) is 0 Å². The van der Waals surface area contributed by atoms with Crippen LogP contribution in [0.5, 0.6) is 5.75 Å². The highest BCUT2D eigenvalue weighted by molar-refractivity contribution is 5.66. The van der Waals surface area contributed by atoms with E-state index in [0.29, 0.717) is 5.75 Å². The molecular weight excluding hydrogens is 200 g/mol. The molecule has 82 valence electrons. The molecule has 1 aliphatic rings. The summed E-state index contributed by atoms with van der Waals surface area (Å²) in [5.74, 6) is 1.45. The van der Waals surface area contributed by atoms with E-state index in [0.717, 1.165) is 30.0 Å². The molecule has 1 aromatic heterocycles. The van der Waals surface area contributed by atoms with Gasteiger partial charge in [0, 0.05) is 24.7 Å². The first kappa shape index (κ1) is 9.46. The lowest BCUT2D eigenvalue weighted by atomic mass is 10.1. The van der Waals surface area contributed by atoms with E-state index >= 15 is 0 Å². The molecule has 3 rings (SSSR count). The van der Waals surface area contributed by atoms with E-state index in [2.05, 4.69) is 9.55 Å². The predicted molar refractivity (Wildman–Crippen MR) is 62.3 cm³/mol. The molecule has 3 heteroatoms. The van der Waals surface area contributed by atoms with Crippen LogP contribution >= 0.6 is 0 Å². The van der Waals surface area contributed by atoms with Gasteiger partial charge >= 0.3 is 0 Å². The largest absolute Gasteiger partial charge is 0.507 e. The standard InChI is InChI=1S/C13H14N2O/c16-12-6-2-1-5-10(12)11-9-15-8-4-3-7-13(15)14-11/h1-2,5-6,9,16H,3-4,7-8H2. The number of benzene rings is 1. The highest BCUT2D eigenvalue weighted by Crippen LogP contribution is 2.29. The lowest BCUT2D eigenvalue weighted by Gasteiger charge is -2.11. The monoisotopic (exact) mass is 214 g/mol. The summed E-state index contributed by atoms with van der Waals surface area (Å²) >= 11 is 0. The molecule has 0 unspecified atom stereocenters. The van der Waals surface area contributed by atoms with E-state index in [1.807, 2.05) is 24.4 Å². The van der Waals surface area contributed by atoms with Gasteiger partial charge in [0.2, 0.25) is 0 Å². The first-order valence-corrected chi connectivity index (χ1v) is 5.69.